The van der Waals surface area contributed by atoms with Gasteiger partial charge < -0.3 is 5.32 Å². The van der Waals surface area contributed by atoms with Crippen LogP contribution in [0, 0.1) is 0 Å². The molecule has 0 fully saturated rings. The van der Waals surface area contributed by atoms with Gasteiger partial charge >= 0.3 is 0 Å². The molecular weight excluding hydrogens is 317 g/mol. The van der Waals surface area contributed by atoms with Gasteiger partial charge in [0, 0.05) is 15.7 Å². The molecule has 1 amide bonds. The molecule has 1 atom stereocenters. The van der Waals surface area contributed by atoms with E-state index in [0.29, 0.717) is 16.5 Å². The molecule has 20 heavy (non-hydrogen) atoms. The Balaban J connectivity index is 1.97. The van der Waals surface area contributed by atoms with Gasteiger partial charge in [0.25, 0.3) is 0 Å². The third-order valence-corrected chi connectivity index (χ3v) is 4.16. The van der Waals surface area contributed by atoms with Crippen molar-refractivity contribution in [2.24, 2.45) is 0 Å². The summed E-state index contributed by atoms with van der Waals surface area (Å²) in [5.74, 6) is 0.00840. The van der Waals surface area contributed by atoms with Crippen LogP contribution in [-0.2, 0) is 11.2 Å². The molecule has 0 saturated heterocycles. The molecule has 0 aromatic heterocycles. The number of hydrogen-bond acceptors (Lipinski definition) is 1. The van der Waals surface area contributed by atoms with E-state index in [1.165, 1.54) is 0 Å². The maximum Gasteiger partial charge on any atom is 0.228 e. The lowest BCUT2D eigenvalue weighted by Gasteiger charge is -2.12. The van der Waals surface area contributed by atoms with E-state index in [1.807, 2.05) is 18.2 Å². The summed E-state index contributed by atoms with van der Waals surface area (Å²) in [5.41, 5.74) is 3.57. The van der Waals surface area contributed by atoms with Gasteiger partial charge in [-0.25, -0.2) is 0 Å². The van der Waals surface area contributed by atoms with Crippen molar-refractivity contribution in [2.75, 3.05) is 5.32 Å². The van der Waals surface area contributed by atoms with Gasteiger partial charge in [-0.2, -0.15) is 0 Å². The number of fused-ring (bicyclic) bond motifs is 1. The molecule has 0 spiro atoms. The fourth-order valence-corrected chi connectivity index (χ4v) is 3.13. The zero-order chi connectivity index (χ0) is 14.3. The minimum absolute atomic E-state index is 0.00840. The van der Waals surface area contributed by atoms with Gasteiger partial charge in [-0.3, -0.25) is 4.79 Å². The highest BCUT2D eigenvalue weighted by Gasteiger charge is 2.20. The third kappa shape index (κ3) is 2.64. The quantitative estimate of drug-likeness (QED) is 0.788. The Kier molecular flexibility index (Phi) is 3.63. The molecule has 2 aromatic carbocycles. The molecule has 5 heteroatoms. The first-order chi connectivity index (χ1) is 9.52. The normalized spacial score (nSPS) is 14.8. The number of hydrogen-bond donors (Lipinski definition) is 1. The van der Waals surface area contributed by atoms with E-state index in [0.717, 1.165) is 22.4 Å². The monoisotopic (exact) mass is 325 g/mol. The van der Waals surface area contributed by atoms with Gasteiger partial charge in [0.05, 0.1) is 11.8 Å². The molecule has 0 saturated carbocycles. The van der Waals surface area contributed by atoms with Crippen LogP contribution in [0.15, 0.2) is 36.4 Å². The van der Waals surface area contributed by atoms with Gasteiger partial charge in [-0.05, 0) is 41.0 Å². The smallest absolute Gasteiger partial charge is 0.228 e. The Bertz CT molecular complexity index is 679. The van der Waals surface area contributed by atoms with Crippen molar-refractivity contribution in [3.05, 3.63) is 63.1 Å². The lowest BCUT2D eigenvalue weighted by Crippen LogP contribution is -2.03. The summed E-state index contributed by atoms with van der Waals surface area (Å²) in [4.78, 5) is 11.4. The summed E-state index contributed by atoms with van der Waals surface area (Å²) in [6.07, 6.45) is 0.392. The minimum Gasteiger partial charge on any atom is -0.326 e. The number of rotatable bonds is 2. The molecule has 1 aliphatic rings. The summed E-state index contributed by atoms with van der Waals surface area (Å²) in [6.45, 7) is 0. The zero-order valence-electron chi connectivity index (χ0n) is 10.3. The number of amides is 1. The standard InChI is InChI=1S/C15H10Cl3NO/c16-11-4-10(5-12(17)7-11)15(18)8-1-2-13-9(3-8)6-14(20)19-13/h1-5,7,15H,6H2,(H,19,20). The van der Waals surface area contributed by atoms with Crippen LogP contribution in [0.5, 0.6) is 0 Å². The molecule has 1 heterocycles. The Morgan fingerprint density at radius 3 is 2.40 bits per heavy atom. The van der Waals surface area contributed by atoms with E-state index in [4.69, 9.17) is 34.8 Å². The Morgan fingerprint density at radius 2 is 1.70 bits per heavy atom. The predicted molar refractivity (Wildman–Crippen MR) is 82.9 cm³/mol. The van der Waals surface area contributed by atoms with Crippen LogP contribution in [0.2, 0.25) is 10.0 Å². The van der Waals surface area contributed by atoms with Gasteiger partial charge in [0.15, 0.2) is 0 Å². The lowest BCUT2D eigenvalue weighted by atomic mass is 10.0. The van der Waals surface area contributed by atoms with Gasteiger partial charge in [0.2, 0.25) is 5.91 Å². The number of alkyl halides is 1. The van der Waals surface area contributed by atoms with Crippen LogP contribution >= 0.6 is 34.8 Å². The molecule has 102 valence electrons. The first-order valence-electron chi connectivity index (χ1n) is 6.05. The van der Waals surface area contributed by atoms with Crippen molar-refractivity contribution in [3.8, 4) is 0 Å². The summed E-state index contributed by atoms with van der Waals surface area (Å²) >= 11 is 18.5. The second-order valence-corrected chi connectivity index (χ2v) is 6.02. The Hall–Kier alpha value is -1.22. The first kappa shape index (κ1) is 13.7. The minimum atomic E-state index is -0.354. The maximum absolute atomic E-state index is 11.4. The highest BCUT2D eigenvalue weighted by atomic mass is 35.5. The fraction of sp³-hybridized carbons (Fsp3) is 0.133. The second kappa shape index (κ2) is 5.28. The van der Waals surface area contributed by atoms with Gasteiger partial charge in [-0.1, -0.05) is 35.3 Å². The Labute approximate surface area is 131 Å². The number of halogens is 3. The summed E-state index contributed by atoms with van der Waals surface area (Å²) < 4.78 is 0. The number of carbonyl (C=O) groups excluding carboxylic acids is 1. The SMILES string of the molecule is O=C1Cc2cc(C(Cl)c3cc(Cl)cc(Cl)c3)ccc2N1. The van der Waals surface area contributed by atoms with Crippen LogP contribution in [0.25, 0.3) is 0 Å². The third-order valence-electron chi connectivity index (χ3n) is 3.22. The molecule has 1 unspecified atom stereocenters. The maximum atomic E-state index is 11.4. The van der Waals surface area contributed by atoms with E-state index in [-0.39, 0.29) is 11.3 Å². The van der Waals surface area contributed by atoms with E-state index < -0.39 is 0 Å². The second-order valence-electron chi connectivity index (χ2n) is 4.71. The van der Waals surface area contributed by atoms with Crippen LogP contribution in [0.4, 0.5) is 5.69 Å². The molecular formula is C15H10Cl3NO. The van der Waals surface area contributed by atoms with Gasteiger partial charge in [0.1, 0.15) is 0 Å². The average Bonchev–Trinajstić information content (AvgIpc) is 2.75. The van der Waals surface area contributed by atoms with Crippen molar-refractivity contribution in [2.45, 2.75) is 11.8 Å². The molecule has 1 N–H and O–H groups in total. The molecule has 0 bridgehead atoms. The topological polar surface area (TPSA) is 29.1 Å². The van der Waals surface area contributed by atoms with Gasteiger partial charge in [-0.15, -0.1) is 11.6 Å². The van der Waals surface area contributed by atoms with Crippen molar-refractivity contribution < 1.29 is 4.79 Å². The van der Waals surface area contributed by atoms with Crippen molar-refractivity contribution >= 4 is 46.4 Å². The van der Waals surface area contributed by atoms with E-state index in [9.17, 15) is 4.79 Å². The highest BCUT2D eigenvalue weighted by Crippen LogP contribution is 2.35. The van der Waals surface area contributed by atoms with E-state index in [2.05, 4.69) is 5.32 Å². The predicted octanol–water partition coefficient (Wildman–Crippen LogP) is 4.82. The van der Waals surface area contributed by atoms with Crippen LogP contribution in [0.3, 0.4) is 0 Å². The number of anilines is 1. The molecule has 2 nitrogen and oxygen atoms in total. The summed E-state index contributed by atoms with van der Waals surface area (Å²) in [7, 11) is 0. The number of nitrogens with one attached hydrogen (secondary N) is 1. The first-order valence-corrected chi connectivity index (χ1v) is 7.25. The lowest BCUT2D eigenvalue weighted by molar-refractivity contribution is -0.115. The Morgan fingerprint density at radius 1 is 1.00 bits per heavy atom. The highest BCUT2D eigenvalue weighted by molar-refractivity contribution is 6.35. The van der Waals surface area contributed by atoms with E-state index >= 15 is 0 Å². The summed E-state index contributed by atoms with van der Waals surface area (Å²) in [6, 6.07) is 11.0. The number of carbonyl (C=O) groups is 1. The largest absolute Gasteiger partial charge is 0.326 e. The van der Waals surface area contributed by atoms with Crippen molar-refractivity contribution in [1.29, 1.82) is 0 Å². The van der Waals surface area contributed by atoms with Crippen molar-refractivity contribution in [3.63, 3.8) is 0 Å². The zero-order valence-corrected chi connectivity index (χ0v) is 12.6. The van der Waals surface area contributed by atoms with Crippen LogP contribution in [-0.4, -0.2) is 5.91 Å². The molecule has 3 rings (SSSR count). The fourth-order valence-electron chi connectivity index (χ4n) is 2.32. The molecule has 1 aliphatic heterocycles. The summed E-state index contributed by atoms with van der Waals surface area (Å²) in [5, 5.41) is 3.55. The molecule has 0 radical (unpaired) electrons. The molecule has 2 aromatic rings. The molecule has 0 aliphatic carbocycles. The van der Waals surface area contributed by atoms with Crippen molar-refractivity contribution in [1.82, 2.24) is 0 Å². The van der Waals surface area contributed by atoms with Crippen LogP contribution in [0.1, 0.15) is 22.1 Å². The average molecular weight is 327 g/mol. The van der Waals surface area contributed by atoms with Crippen LogP contribution < -0.4 is 5.32 Å². The number of benzene rings is 2. The van der Waals surface area contributed by atoms with E-state index in [1.54, 1.807) is 18.2 Å².